The van der Waals surface area contributed by atoms with Crippen LogP contribution in [0, 0.1) is 0 Å². The van der Waals surface area contributed by atoms with Gasteiger partial charge in [0, 0.05) is 25.0 Å². The lowest BCUT2D eigenvalue weighted by Gasteiger charge is -2.18. The molecule has 0 aromatic rings. The van der Waals surface area contributed by atoms with E-state index in [9.17, 15) is 0 Å². The fourth-order valence-corrected chi connectivity index (χ4v) is 1.99. The Balaban J connectivity index is 1.98. The van der Waals surface area contributed by atoms with Gasteiger partial charge < -0.3 is 11.5 Å². The summed E-state index contributed by atoms with van der Waals surface area (Å²) < 4.78 is 0. The van der Waals surface area contributed by atoms with Crippen LogP contribution in [0.15, 0.2) is 10.2 Å². The second-order valence-electron chi connectivity index (χ2n) is 4.15. The van der Waals surface area contributed by atoms with Gasteiger partial charge in [0.05, 0.1) is 5.71 Å². The third-order valence-corrected chi connectivity index (χ3v) is 2.79. The predicted octanol–water partition coefficient (Wildman–Crippen LogP) is -0.128. The van der Waals surface area contributed by atoms with Crippen molar-refractivity contribution >= 4 is 11.7 Å². The summed E-state index contributed by atoms with van der Waals surface area (Å²) in [6.07, 6.45) is 3.66. The number of hydrogen-bond acceptors (Lipinski definition) is 3. The summed E-state index contributed by atoms with van der Waals surface area (Å²) in [4.78, 5) is 2.49. The summed E-state index contributed by atoms with van der Waals surface area (Å²) in [5.74, 6) is 0.0371. The van der Waals surface area contributed by atoms with Crippen molar-refractivity contribution in [2.75, 3.05) is 6.54 Å². The summed E-state index contributed by atoms with van der Waals surface area (Å²) >= 11 is 0. The highest BCUT2D eigenvalue weighted by Gasteiger charge is 2.37. The fraction of sp³-hybridized carbons (Fsp3) is 0.778. The molecular weight excluding hydrogens is 178 g/mol. The molecule has 0 bridgehead atoms. The molecule has 1 saturated heterocycles. The number of nitrogens with zero attached hydrogens (tertiary/aromatic N) is 3. The smallest absolute Gasteiger partial charge is 0.211 e. The number of hydrogen-bond donors (Lipinski definition) is 2. The largest absolute Gasteiger partial charge is 0.369 e. The first-order valence-electron chi connectivity index (χ1n) is 5.07. The van der Waals surface area contributed by atoms with Crippen LogP contribution < -0.4 is 11.5 Å². The van der Waals surface area contributed by atoms with E-state index in [1.807, 2.05) is 0 Å². The summed E-state index contributed by atoms with van der Waals surface area (Å²) in [5.41, 5.74) is 11.5. The van der Waals surface area contributed by atoms with Gasteiger partial charge in [-0.1, -0.05) is 0 Å². The quantitative estimate of drug-likeness (QED) is 0.366. The average Bonchev–Trinajstić information content (AvgIpc) is 2.88. The molecule has 4 N–H and O–H groups in total. The second-order valence-corrected chi connectivity index (χ2v) is 4.15. The number of guanidine groups is 1. The van der Waals surface area contributed by atoms with Gasteiger partial charge in [0.15, 0.2) is 0 Å². The predicted molar refractivity (Wildman–Crippen MR) is 57.1 cm³/mol. The minimum absolute atomic E-state index is 0.0371. The highest BCUT2D eigenvalue weighted by Crippen LogP contribution is 2.32. The van der Waals surface area contributed by atoms with Crippen LogP contribution in [0.4, 0.5) is 0 Å². The molecule has 1 atom stereocenters. The van der Waals surface area contributed by atoms with Crippen LogP contribution in [-0.4, -0.2) is 35.2 Å². The molecule has 14 heavy (non-hydrogen) atoms. The summed E-state index contributed by atoms with van der Waals surface area (Å²) in [6, 6.07) is 1.38. The minimum atomic E-state index is 0.0371. The Bertz CT molecular complexity index is 275. The zero-order chi connectivity index (χ0) is 10.1. The molecule has 1 saturated carbocycles. The van der Waals surface area contributed by atoms with Gasteiger partial charge in [0.2, 0.25) is 5.96 Å². The maximum Gasteiger partial charge on any atom is 0.211 e. The number of nitrogens with two attached hydrogens (primary N) is 2. The van der Waals surface area contributed by atoms with Gasteiger partial charge in [0.1, 0.15) is 0 Å². The summed E-state index contributed by atoms with van der Waals surface area (Å²) in [5, 5.41) is 7.74. The molecule has 5 nitrogen and oxygen atoms in total. The Labute approximate surface area is 83.8 Å². The van der Waals surface area contributed by atoms with Crippen molar-refractivity contribution in [2.24, 2.45) is 21.7 Å². The molecule has 0 radical (unpaired) electrons. The van der Waals surface area contributed by atoms with Crippen molar-refractivity contribution in [3.05, 3.63) is 0 Å². The van der Waals surface area contributed by atoms with Crippen molar-refractivity contribution in [1.29, 1.82) is 0 Å². The maximum atomic E-state index is 5.22. The van der Waals surface area contributed by atoms with E-state index < -0.39 is 0 Å². The molecular formula is C9H17N5. The molecule has 2 fully saturated rings. The number of rotatable bonds is 2. The summed E-state index contributed by atoms with van der Waals surface area (Å²) in [6.45, 7) is 3.17. The van der Waals surface area contributed by atoms with E-state index in [1.54, 1.807) is 0 Å². The van der Waals surface area contributed by atoms with Gasteiger partial charge in [-0.2, -0.15) is 5.10 Å². The van der Waals surface area contributed by atoms with Crippen molar-refractivity contribution in [3.63, 3.8) is 0 Å². The van der Waals surface area contributed by atoms with Crippen molar-refractivity contribution < 1.29 is 0 Å². The van der Waals surface area contributed by atoms with Crippen LogP contribution >= 0.6 is 0 Å². The monoisotopic (exact) mass is 195 g/mol. The minimum Gasteiger partial charge on any atom is -0.369 e. The first-order valence-corrected chi connectivity index (χ1v) is 5.07. The van der Waals surface area contributed by atoms with E-state index in [0.29, 0.717) is 6.04 Å². The van der Waals surface area contributed by atoms with Crippen molar-refractivity contribution in [1.82, 2.24) is 4.90 Å². The lowest BCUT2D eigenvalue weighted by molar-refractivity contribution is 0.262. The van der Waals surface area contributed by atoms with E-state index in [1.165, 1.54) is 12.8 Å². The van der Waals surface area contributed by atoms with Crippen LogP contribution in [0.1, 0.15) is 26.2 Å². The van der Waals surface area contributed by atoms with Crippen molar-refractivity contribution in [2.45, 2.75) is 38.3 Å². The van der Waals surface area contributed by atoms with Gasteiger partial charge in [-0.05, 0) is 19.8 Å². The SMILES string of the molecule is CC1C/C(=N\N=C(N)N)CN1C1CC1. The molecule has 78 valence electrons. The maximum absolute atomic E-state index is 5.22. The number of likely N-dealkylation sites (tertiary alicyclic amines) is 1. The molecule has 0 amide bonds. The van der Waals surface area contributed by atoms with Gasteiger partial charge in [-0.3, -0.25) is 4.90 Å². The third-order valence-electron chi connectivity index (χ3n) is 2.79. The topological polar surface area (TPSA) is 80.0 Å². The van der Waals surface area contributed by atoms with E-state index in [4.69, 9.17) is 11.5 Å². The molecule has 5 heteroatoms. The molecule has 1 heterocycles. The zero-order valence-corrected chi connectivity index (χ0v) is 8.48. The molecule has 2 aliphatic rings. The highest BCUT2D eigenvalue weighted by molar-refractivity contribution is 5.89. The van der Waals surface area contributed by atoms with Crippen LogP contribution in [0.3, 0.4) is 0 Å². The normalized spacial score (nSPS) is 30.9. The first kappa shape index (κ1) is 9.45. The molecule has 1 aliphatic heterocycles. The van der Waals surface area contributed by atoms with Crippen molar-refractivity contribution in [3.8, 4) is 0 Å². The Hall–Kier alpha value is -1.10. The van der Waals surface area contributed by atoms with E-state index in [-0.39, 0.29) is 5.96 Å². The molecule has 1 aliphatic carbocycles. The van der Waals surface area contributed by atoms with Gasteiger partial charge >= 0.3 is 0 Å². The molecule has 1 unspecified atom stereocenters. The standard InChI is InChI=1S/C9H17N5/c1-6-4-7(12-13-9(10)11)5-14(6)8-2-3-8/h6,8H,2-5H2,1H3,(H4,10,11,13)/b12-7+. The Morgan fingerprint density at radius 1 is 1.43 bits per heavy atom. The first-order chi connectivity index (χ1) is 6.66. The van der Waals surface area contributed by atoms with E-state index >= 15 is 0 Å². The van der Waals surface area contributed by atoms with Crippen LogP contribution in [-0.2, 0) is 0 Å². The van der Waals surface area contributed by atoms with Gasteiger partial charge in [-0.25, -0.2) is 0 Å². The lowest BCUT2D eigenvalue weighted by Crippen LogP contribution is -2.29. The van der Waals surface area contributed by atoms with Crippen LogP contribution in [0.5, 0.6) is 0 Å². The van der Waals surface area contributed by atoms with E-state index in [0.717, 1.165) is 24.7 Å². The Morgan fingerprint density at radius 2 is 2.14 bits per heavy atom. The Kier molecular flexibility index (Phi) is 2.41. The summed E-state index contributed by atoms with van der Waals surface area (Å²) in [7, 11) is 0. The van der Waals surface area contributed by atoms with Gasteiger partial charge in [0.25, 0.3) is 0 Å². The third kappa shape index (κ3) is 2.04. The van der Waals surface area contributed by atoms with E-state index in [2.05, 4.69) is 22.0 Å². The van der Waals surface area contributed by atoms with Gasteiger partial charge in [-0.15, -0.1) is 5.10 Å². The van der Waals surface area contributed by atoms with Crippen LogP contribution in [0.25, 0.3) is 0 Å². The highest BCUT2D eigenvalue weighted by atomic mass is 15.3. The Morgan fingerprint density at radius 3 is 2.71 bits per heavy atom. The molecule has 0 aromatic carbocycles. The zero-order valence-electron chi connectivity index (χ0n) is 8.48. The molecule has 0 spiro atoms. The lowest BCUT2D eigenvalue weighted by atomic mass is 10.2. The second kappa shape index (κ2) is 3.57. The fourth-order valence-electron chi connectivity index (χ4n) is 1.99. The average molecular weight is 195 g/mol. The molecule has 2 rings (SSSR count). The molecule has 0 aromatic heterocycles. The van der Waals surface area contributed by atoms with Crippen LogP contribution in [0.2, 0.25) is 0 Å².